The summed E-state index contributed by atoms with van der Waals surface area (Å²) in [7, 11) is 1.82. The molecule has 0 atom stereocenters. The predicted molar refractivity (Wildman–Crippen MR) is 110 cm³/mol. The Kier molecular flexibility index (Phi) is 5.03. The van der Waals surface area contributed by atoms with Crippen LogP contribution in [0.25, 0.3) is 0 Å². The van der Waals surface area contributed by atoms with Crippen LogP contribution in [0.1, 0.15) is 27.0 Å². The van der Waals surface area contributed by atoms with E-state index < -0.39 is 0 Å². The smallest absolute Gasteiger partial charge is 0.258 e. The number of hydrogen-bond donors (Lipinski definition) is 0. The SMILES string of the molecule is CN(C(=O)c1ccc(CN2CCc3ccccc3C2)cc1)c1ccccc1. The van der Waals surface area contributed by atoms with E-state index in [1.165, 1.54) is 16.7 Å². The lowest BCUT2D eigenvalue weighted by atomic mass is 9.99. The molecule has 0 spiro atoms. The molecular formula is C24H24N2O. The fraction of sp³-hybridized carbons (Fsp3) is 0.208. The highest BCUT2D eigenvalue weighted by Gasteiger charge is 2.17. The second-order valence-corrected chi connectivity index (χ2v) is 7.13. The molecule has 0 radical (unpaired) electrons. The third-order valence-electron chi connectivity index (χ3n) is 5.26. The zero-order valence-corrected chi connectivity index (χ0v) is 15.6. The lowest BCUT2D eigenvalue weighted by Gasteiger charge is -2.28. The van der Waals surface area contributed by atoms with Crippen molar-refractivity contribution in [3.05, 3.63) is 101 Å². The molecule has 1 aliphatic rings. The molecule has 1 heterocycles. The molecule has 0 unspecified atom stereocenters. The molecule has 0 saturated heterocycles. The van der Waals surface area contributed by atoms with Gasteiger partial charge in [0.25, 0.3) is 5.91 Å². The van der Waals surface area contributed by atoms with Crippen LogP contribution in [0.5, 0.6) is 0 Å². The van der Waals surface area contributed by atoms with Gasteiger partial charge in [0.1, 0.15) is 0 Å². The van der Waals surface area contributed by atoms with E-state index in [0.717, 1.165) is 31.7 Å². The van der Waals surface area contributed by atoms with Gasteiger partial charge in [-0.25, -0.2) is 0 Å². The number of para-hydroxylation sites is 1. The van der Waals surface area contributed by atoms with Crippen LogP contribution in [0.3, 0.4) is 0 Å². The minimum Gasteiger partial charge on any atom is -0.311 e. The Morgan fingerprint density at radius 3 is 2.30 bits per heavy atom. The van der Waals surface area contributed by atoms with Crippen molar-refractivity contribution in [2.45, 2.75) is 19.5 Å². The molecule has 4 rings (SSSR count). The van der Waals surface area contributed by atoms with Gasteiger partial charge in [-0.1, -0.05) is 54.6 Å². The standard InChI is InChI=1S/C24H24N2O/c1-25(23-9-3-2-4-10-23)24(27)21-13-11-19(12-14-21)17-26-16-15-20-7-5-6-8-22(20)18-26/h2-14H,15-18H2,1H3. The first-order valence-corrected chi connectivity index (χ1v) is 9.42. The second-order valence-electron chi connectivity index (χ2n) is 7.13. The summed E-state index contributed by atoms with van der Waals surface area (Å²) in [4.78, 5) is 16.9. The van der Waals surface area contributed by atoms with E-state index in [0.29, 0.717) is 5.56 Å². The van der Waals surface area contributed by atoms with Gasteiger partial charge in [0.15, 0.2) is 0 Å². The quantitative estimate of drug-likeness (QED) is 0.686. The molecule has 3 heteroatoms. The van der Waals surface area contributed by atoms with E-state index in [-0.39, 0.29) is 5.91 Å². The van der Waals surface area contributed by atoms with Gasteiger partial charge in [-0.2, -0.15) is 0 Å². The van der Waals surface area contributed by atoms with Crippen LogP contribution in [0.15, 0.2) is 78.9 Å². The lowest BCUT2D eigenvalue weighted by Crippen LogP contribution is -2.30. The Bertz CT molecular complexity index is 919. The van der Waals surface area contributed by atoms with Crippen LogP contribution in [-0.2, 0) is 19.5 Å². The van der Waals surface area contributed by atoms with Crippen LogP contribution in [-0.4, -0.2) is 24.4 Å². The summed E-state index contributed by atoms with van der Waals surface area (Å²) in [5.41, 5.74) is 5.76. The molecule has 1 amide bonds. The summed E-state index contributed by atoms with van der Waals surface area (Å²) in [6, 6.07) is 26.5. The monoisotopic (exact) mass is 356 g/mol. The largest absolute Gasteiger partial charge is 0.311 e. The summed E-state index contributed by atoms with van der Waals surface area (Å²) in [5, 5.41) is 0. The summed E-state index contributed by atoms with van der Waals surface area (Å²) in [6.07, 6.45) is 1.11. The normalized spacial score (nSPS) is 13.8. The zero-order valence-electron chi connectivity index (χ0n) is 15.6. The van der Waals surface area contributed by atoms with E-state index in [1.54, 1.807) is 4.90 Å². The van der Waals surface area contributed by atoms with Crippen LogP contribution in [0, 0.1) is 0 Å². The predicted octanol–water partition coefficient (Wildman–Crippen LogP) is 4.52. The maximum absolute atomic E-state index is 12.7. The highest BCUT2D eigenvalue weighted by molar-refractivity contribution is 6.05. The van der Waals surface area contributed by atoms with Crippen molar-refractivity contribution in [1.82, 2.24) is 4.90 Å². The highest BCUT2D eigenvalue weighted by Crippen LogP contribution is 2.21. The number of anilines is 1. The molecule has 0 fully saturated rings. The van der Waals surface area contributed by atoms with E-state index in [4.69, 9.17) is 0 Å². The molecule has 136 valence electrons. The van der Waals surface area contributed by atoms with E-state index in [1.807, 2.05) is 49.5 Å². The summed E-state index contributed by atoms with van der Waals surface area (Å²) in [6.45, 7) is 2.99. The topological polar surface area (TPSA) is 23.6 Å². The lowest BCUT2D eigenvalue weighted by molar-refractivity contribution is 0.0993. The molecule has 0 saturated carbocycles. The first-order valence-electron chi connectivity index (χ1n) is 9.42. The molecule has 1 aliphatic heterocycles. The Labute approximate surface area is 160 Å². The average Bonchev–Trinajstić information content (AvgIpc) is 2.74. The van der Waals surface area contributed by atoms with Gasteiger partial charge >= 0.3 is 0 Å². The Balaban J connectivity index is 1.41. The van der Waals surface area contributed by atoms with Gasteiger partial charge < -0.3 is 4.90 Å². The van der Waals surface area contributed by atoms with Crippen molar-refractivity contribution < 1.29 is 4.79 Å². The van der Waals surface area contributed by atoms with Crippen LogP contribution >= 0.6 is 0 Å². The summed E-state index contributed by atoms with van der Waals surface area (Å²) in [5.74, 6) is 0.0136. The zero-order chi connectivity index (χ0) is 18.6. The average molecular weight is 356 g/mol. The fourth-order valence-electron chi connectivity index (χ4n) is 3.66. The van der Waals surface area contributed by atoms with Gasteiger partial charge in [-0.05, 0) is 47.4 Å². The number of amides is 1. The van der Waals surface area contributed by atoms with Crippen molar-refractivity contribution in [2.24, 2.45) is 0 Å². The van der Waals surface area contributed by atoms with Crippen LogP contribution in [0.2, 0.25) is 0 Å². The summed E-state index contributed by atoms with van der Waals surface area (Å²) < 4.78 is 0. The van der Waals surface area contributed by atoms with Gasteiger partial charge in [0, 0.05) is 37.9 Å². The molecular weight excluding hydrogens is 332 g/mol. The third kappa shape index (κ3) is 3.93. The molecule has 3 aromatic carbocycles. The molecule has 27 heavy (non-hydrogen) atoms. The first kappa shape index (κ1) is 17.5. The number of carbonyl (C=O) groups excluding carboxylic acids is 1. The molecule has 0 aliphatic carbocycles. The second kappa shape index (κ2) is 7.77. The molecule has 0 bridgehead atoms. The minimum atomic E-state index is 0.0136. The van der Waals surface area contributed by atoms with Crippen molar-refractivity contribution >= 4 is 11.6 Å². The van der Waals surface area contributed by atoms with Crippen molar-refractivity contribution in [2.75, 3.05) is 18.5 Å². The molecule has 3 aromatic rings. The number of hydrogen-bond acceptors (Lipinski definition) is 2. The number of fused-ring (bicyclic) bond motifs is 1. The number of carbonyl (C=O) groups is 1. The third-order valence-corrected chi connectivity index (χ3v) is 5.26. The molecule has 0 N–H and O–H groups in total. The maximum atomic E-state index is 12.7. The summed E-state index contributed by atoms with van der Waals surface area (Å²) >= 11 is 0. The van der Waals surface area contributed by atoms with Crippen molar-refractivity contribution in [3.63, 3.8) is 0 Å². The van der Waals surface area contributed by atoms with Gasteiger partial charge in [0.05, 0.1) is 0 Å². The highest BCUT2D eigenvalue weighted by atomic mass is 16.2. The number of nitrogens with zero attached hydrogens (tertiary/aromatic N) is 2. The number of rotatable bonds is 4. The van der Waals surface area contributed by atoms with Gasteiger partial charge in [-0.3, -0.25) is 9.69 Å². The van der Waals surface area contributed by atoms with E-state index in [9.17, 15) is 4.79 Å². The van der Waals surface area contributed by atoms with Crippen molar-refractivity contribution in [3.8, 4) is 0 Å². The molecule has 0 aromatic heterocycles. The Morgan fingerprint density at radius 2 is 1.56 bits per heavy atom. The van der Waals surface area contributed by atoms with Crippen LogP contribution in [0.4, 0.5) is 5.69 Å². The van der Waals surface area contributed by atoms with E-state index >= 15 is 0 Å². The Hall–Kier alpha value is -2.91. The van der Waals surface area contributed by atoms with Gasteiger partial charge in [-0.15, -0.1) is 0 Å². The van der Waals surface area contributed by atoms with Crippen molar-refractivity contribution in [1.29, 1.82) is 0 Å². The van der Waals surface area contributed by atoms with E-state index in [2.05, 4.69) is 41.3 Å². The maximum Gasteiger partial charge on any atom is 0.258 e. The van der Waals surface area contributed by atoms with Gasteiger partial charge in [0.2, 0.25) is 0 Å². The Morgan fingerprint density at radius 1 is 0.889 bits per heavy atom. The first-order chi connectivity index (χ1) is 13.2. The molecule has 3 nitrogen and oxygen atoms in total. The number of benzene rings is 3. The van der Waals surface area contributed by atoms with Crippen LogP contribution < -0.4 is 4.90 Å². The minimum absolute atomic E-state index is 0.0136. The fourth-order valence-corrected chi connectivity index (χ4v) is 3.66.